The summed E-state index contributed by atoms with van der Waals surface area (Å²) < 4.78 is 0. The topological polar surface area (TPSA) is 57.6 Å². The molecule has 1 fully saturated rings. The molecule has 0 bridgehead atoms. The van der Waals surface area contributed by atoms with E-state index in [9.17, 15) is 9.59 Å². The number of carboxylic acid groups (broad SMARTS) is 1. The van der Waals surface area contributed by atoms with Crippen molar-refractivity contribution in [2.75, 3.05) is 6.54 Å². The molecule has 1 aliphatic heterocycles. The normalized spacial score (nSPS) is 19.4. The first-order chi connectivity index (χ1) is 9.27. The van der Waals surface area contributed by atoms with Crippen LogP contribution >= 0.6 is 0 Å². The lowest BCUT2D eigenvalue weighted by molar-refractivity contribution is -0.141. The summed E-state index contributed by atoms with van der Waals surface area (Å²) in [5, 5.41) is 8.96. The molecule has 0 saturated carbocycles. The van der Waals surface area contributed by atoms with Crippen molar-refractivity contribution >= 4 is 11.9 Å². The summed E-state index contributed by atoms with van der Waals surface area (Å²) in [4.78, 5) is 24.3. The van der Waals surface area contributed by atoms with Gasteiger partial charge in [-0.25, -0.2) is 0 Å². The molecule has 1 heterocycles. The number of benzene rings is 1. The van der Waals surface area contributed by atoms with E-state index in [1.54, 1.807) is 4.90 Å². The monoisotopic (exact) mass is 275 g/mol. The van der Waals surface area contributed by atoms with Gasteiger partial charge in [0.2, 0.25) is 5.91 Å². The van der Waals surface area contributed by atoms with Gasteiger partial charge >= 0.3 is 5.97 Å². The molecule has 1 aliphatic rings. The van der Waals surface area contributed by atoms with Crippen molar-refractivity contribution in [3.63, 3.8) is 0 Å². The van der Waals surface area contributed by atoms with E-state index in [2.05, 4.69) is 32.9 Å². The van der Waals surface area contributed by atoms with E-state index < -0.39 is 11.9 Å². The second kappa shape index (κ2) is 5.27. The summed E-state index contributed by atoms with van der Waals surface area (Å²) in [6.07, 6.45) is 0.120. The molecule has 0 unspecified atom stereocenters. The predicted octanol–water partition coefficient (Wildman–Crippen LogP) is 2.42. The van der Waals surface area contributed by atoms with E-state index in [-0.39, 0.29) is 17.7 Å². The van der Waals surface area contributed by atoms with Crippen LogP contribution in [0.3, 0.4) is 0 Å². The Morgan fingerprint density at radius 3 is 2.35 bits per heavy atom. The number of carboxylic acids is 1. The Hall–Kier alpha value is -1.84. The summed E-state index contributed by atoms with van der Waals surface area (Å²) in [6.45, 7) is 7.28. The number of likely N-dealkylation sites (tertiary alicyclic amines) is 1. The van der Waals surface area contributed by atoms with Crippen LogP contribution in [0.2, 0.25) is 0 Å². The summed E-state index contributed by atoms with van der Waals surface area (Å²) >= 11 is 0. The summed E-state index contributed by atoms with van der Waals surface area (Å²) in [5.41, 5.74) is 2.39. The second-order valence-corrected chi connectivity index (χ2v) is 6.46. The summed E-state index contributed by atoms with van der Waals surface area (Å²) in [5.74, 6) is -1.52. The van der Waals surface area contributed by atoms with Crippen molar-refractivity contribution in [1.82, 2.24) is 4.90 Å². The molecule has 0 aromatic heterocycles. The maximum Gasteiger partial charge on any atom is 0.308 e. The molecule has 2 rings (SSSR count). The molecule has 108 valence electrons. The summed E-state index contributed by atoms with van der Waals surface area (Å²) in [7, 11) is 0. The molecule has 1 saturated heterocycles. The van der Waals surface area contributed by atoms with Crippen LogP contribution in [0.4, 0.5) is 0 Å². The fraction of sp³-hybridized carbons (Fsp3) is 0.500. The first-order valence-electron chi connectivity index (χ1n) is 6.87. The Morgan fingerprint density at radius 2 is 1.90 bits per heavy atom. The lowest BCUT2D eigenvalue weighted by Crippen LogP contribution is -2.25. The SMILES string of the molecule is CC(C)(C)c1ccc(CN2C[C@H](C(=O)O)CC2=O)cc1. The minimum absolute atomic E-state index is 0.0719. The van der Waals surface area contributed by atoms with Crippen molar-refractivity contribution in [3.8, 4) is 0 Å². The number of aliphatic carboxylic acids is 1. The number of carbonyl (C=O) groups excluding carboxylic acids is 1. The zero-order valence-electron chi connectivity index (χ0n) is 12.2. The lowest BCUT2D eigenvalue weighted by Gasteiger charge is -2.20. The molecular formula is C16H21NO3. The van der Waals surface area contributed by atoms with Crippen molar-refractivity contribution in [1.29, 1.82) is 0 Å². The minimum atomic E-state index is -0.885. The molecule has 1 N–H and O–H groups in total. The van der Waals surface area contributed by atoms with Gasteiger partial charge in [-0.05, 0) is 16.5 Å². The number of rotatable bonds is 3. The van der Waals surface area contributed by atoms with E-state index in [1.807, 2.05) is 12.1 Å². The van der Waals surface area contributed by atoms with Gasteiger partial charge in [0.15, 0.2) is 0 Å². The zero-order chi connectivity index (χ0) is 14.9. The largest absolute Gasteiger partial charge is 0.481 e. The van der Waals surface area contributed by atoms with Gasteiger partial charge in [0.1, 0.15) is 0 Å². The van der Waals surface area contributed by atoms with Crippen LogP contribution in [-0.2, 0) is 21.5 Å². The van der Waals surface area contributed by atoms with Gasteiger partial charge in [-0.2, -0.15) is 0 Å². The first-order valence-corrected chi connectivity index (χ1v) is 6.87. The zero-order valence-corrected chi connectivity index (χ0v) is 12.2. The molecule has 4 heteroatoms. The van der Waals surface area contributed by atoms with E-state index in [0.717, 1.165) is 5.56 Å². The number of nitrogens with zero attached hydrogens (tertiary/aromatic N) is 1. The standard InChI is InChI=1S/C16H21NO3/c1-16(2,3)13-6-4-11(5-7-13)9-17-10-12(15(19)20)8-14(17)18/h4-7,12H,8-10H2,1-3H3,(H,19,20)/t12-/m1/s1. The van der Waals surface area contributed by atoms with Crippen LogP contribution in [0.5, 0.6) is 0 Å². The van der Waals surface area contributed by atoms with Crippen molar-refractivity contribution in [3.05, 3.63) is 35.4 Å². The van der Waals surface area contributed by atoms with Crippen molar-refractivity contribution < 1.29 is 14.7 Å². The number of hydrogen-bond donors (Lipinski definition) is 1. The Bertz CT molecular complexity index is 514. The molecule has 0 spiro atoms. The van der Waals surface area contributed by atoms with Gasteiger partial charge in [0, 0.05) is 19.5 Å². The highest BCUT2D eigenvalue weighted by atomic mass is 16.4. The molecular weight excluding hydrogens is 254 g/mol. The Labute approximate surface area is 119 Å². The van der Waals surface area contributed by atoms with Crippen molar-refractivity contribution in [2.24, 2.45) is 5.92 Å². The third-order valence-corrected chi connectivity index (χ3v) is 3.76. The Morgan fingerprint density at radius 1 is 1.30 bits per heavy atom. The van der Waals surface area contributed by atoms with Crippen molar-refractivity contribution in [2.45, 2.75) is 39.2 Å². The Kier molecular flexibility index (Phi) is 3.84. The van der Waals surface area contributed by atoms with Gasteiger partial charge in [-0.15, -0.1) is 0 Å². The highest BCUT2D eigenvalue weighted by Crippen LogP contribution is 2.24. The average Bonchev–Trinajstić information content (AvgIpc) is 2.71. The maximum atomic E-state index is 11.8. The molecule has 0 radical (unpaired) electrons. The Balaban J connectivity index is 2.04. The average molecular weight is 275 g/mol. The van der Waals surface area contributed by atoms with Gasteiger partial charge < -0.3 is 10.0 Å². The van der Waals surface area contributed by atoms with Crippen LogP contribution in [0, 0.1) is 5.92 Å². The van der Waals surface area contributed by atoms with E-state index in [1.165, 1.54) is 5.56 Å². The van der Waals surface area contributed by atoms with E-state index >= 15 is 0 Å². The molecule has 20 heavy (non-hydrogen) atoms. The summed E-state index contributed by atoms with van der Waals surface area (Å²) in [6, 6.07) is 8.18. The highest BCUT2D eigenvalue weighted by molar-refractivity contribution is 5.86. The van der Waals surface area contributed by atoms with Gasteiger partial charge in [-0.1, -0.05) is 45.0 Å². The van der Waals surface area contributed by atoms with Crippen LogP contribution in [0.1, 0.15) is 38.3 Å². The molecule has 0 aliphatic carbocycles. The number of carbonyl (C=O) groups is 2. The first kappa shape index (κ1) is 14.6. The van der Waals surface area contributed by atoms with Crippen LogP contribution < -0.4 is 0 Å². The van der Waals surface area contributed by atoms with Crippen LogP contribution in [0.15, 0.2) is 24.3 Å². The third-order valence-electron chi connectivity index (χ3n) is 3.76. The predicted molar refractivity (Wildman–Crippen MR) is 76.3 cm³/mol. The lowest BCUT2D eigenvalue weighted by atomic mass is 9.87. The number of hydrogen-bond acceptors (Lipinski definition) is 2. The second-order valence-electron chi connectivity index (χ2n) is 6.46. The molecule has 4 nitrogen and oxygen atoms in total. The van der Waals surface area contributed by atoms with Gasteiger partial charge in [0.25, 0.3) is 0 Å². The maximum absolute atomic E-state index is 11.8. The van der Waals surface area contributed by atoms with Crippen LogP contribution in [-0.4, -0.2) is 28.4 Å². The molecule has 1 aromatic rings. The molecule has 1 amide bonds. The number of amides is 1. The quantitative estimate of drug-likeness (QED) is 0.921. The minimum Gasteiger partial charge on any atom is -0.481 e. The van der Waals surface area contributed by atoms with Gasteiger partial charge in [-0.3, -0.25) is 9.59 Å². The smallest absolute Gasteiger partial charge is 0.308 e. The third kappa shape index (κ3) is 3.18. The molecule has 1 atom stereocenters. The fourth-order valence-corrected chi connectivity index (χ4v) is 2.42. The van der Waals surface area contributed by atoms with Crippen LogP contribution in [0.25, 0.3) is 0 Å². The fourth-order valence-electron chi connectivity index (χ4n) is 2.42. The van der Waals surface area contributed by atoms with Gasteiger partial charge in [0.05, 0.1) is 5.92 Å². The molecule has 1 aromatic carbocycles. The van der Waals surface area contributed by atoms with E-state index in [4.69, 9.17) is 5.11 Å². The van der Waals surface area contributed by atoms with E-state index in [0.29, 0.717) is 13.1 Å². The highest BCUT2D eigenvalue weighted by Gasteiger charge is 2.34.